The zero-order valence-electron chi connectivity index (χ0n) is 13.5. The van der Waals surface area contributed by atoms with Crippen molar-refractivity contribution < 1.29 is 19.0 Å². The highest BCUT2D eigenvalue weighted by atomic mass is 127. The van der Waals surface area contributed by atoms with E-state index in [4.69, 9.17) is 21.4 Å². The van der Waals surface area contributed by atoms with Gasteiger partial charge in [0.1, 0.15) is 29.5 Å². The molecule has 0 fully saturated rings. The average molecular weight is 490 g/mol. The Morgan fingerprint density at radius 1 is 1.42 bits per heavy atom. The summed E-state index contributed by atoms with van der Waals surface area (Å²) in [6, 6.07) is 4.89. The molecule has 0 saturated heterocycles. The van der Waals surface area contributed by atoms with E-state index < -0.39 is 0 Å². The number of halogens is 3. The van der Waals surface area contributed by atoms with Gasteiger partial charge in [-0.1, -0.05) is 17.7 Å². The Balaban J connectivity index is 2.04. The minimum Gasteiger partial charge on any atom is -0.394 e. The normalized spacial score (nSPS) is 11.2. The molecule has 1 N–H and O–H groups in total. The second kappa shape index (κ2) is 8.38. The van der Waals surface area contributed by atoms with Crippen molar-refractivity contribution in [2.45, 2.75) is 6.42 Å². The number of rotatable bonds is 7. The number of Topliss-reactive ketones (excluding diaryl/α,β-unsaturated/α-hetero) is 1. The van der Waals surface area contributed by atoms with Crippen LogP contribution in [0.15, 0.2) is 30.7 Å². The van der Waals surface area contributed by atoms with Crippen LogP contribution in [0.2, 0.25) is 5.02 Å². The Kier molecular flexibility index (Phi) is 6.17. The third-order valence-corrected chi connectivity index (χ3v) is 4.64. The minimum absolute atomic E-state index is 0.0442. The van der Waals surface area contributed by atoms with E-state index in [1.54, 1.807) is 16.5 Å². The van der Waals surface area contributed by atoms with Gasteiger partial charge in [0, 0.05) is 9.99 Å². The average Bonchev–Trinajstić information content (AvgIpc) is 2.98. The number of ketones is 1. The summed E-state index contributed by atoms with van der Waals surface area (Å²) in [5.41, 5.74) is 1.43. The Labute approximate surface area is 167 Å². The maximum atomic E-state index is 14.3. The van der Waals surface area contributed by atoms with Crippen molar-refractivity contribution in [1.29, 1.82) is 0 Å². The lowest BCUT2D eigenvalue weighted by Crippen LogP contribution is -2.14. The van der Waals surface area contributed by atoms with Crippen LogP contribution in [-0.2, 0) is 11.2 Å². The van der Waals surface area contributed by atoms with Crippen LogP contribution in [0.1, 0.15) is 21.7 Å². The van der Waals surface area contributed by atoms with Crippen LogP contribution in [-0.4, -0.2) is 45.1 Å². The number of ether oxygens (including phenoxy) is 1. The summed E-state index contributed by atoms with van der Waals surface area (Å²) in [7, 11) is 0. The number of imidazole rings is 1. The van der Waals surface area contributed by atoms with Gasteiger partial charge in [-0.05, 0) is 40.3 Å². The largest absolute Gasteiger partial charge is 0.394 e. The fourth-order valence-electron chi connectivity index (χ4n) is 2.52. The number of nitrogens with zero attached hydrogens (tertiary/aromatic N) is 3. The molecule has 0 aliphatic heterocycles. The molecule has 2 aromatic heterocycles. The first-order valence-electron chi connectivity index (χ1n) is 7.67. The first-order valence-corrected chi connectivity index (χ1v) is 9.13. The second-order valence-corrected chi connectivity index (χ2v) is 7.11. The van der Waals surface area contributed by atoms with E-state index in [-0.39, 0.29) is 48.6 Å². The molecular formula is C17H14ClFIN3O3. The third kappa shape index (κ3) is 4.03. The highest BCUT2D eigenvalue weighted by Crippen LogP contribution is 2.23. The molecule has 0 unspecified atom stereocenters. The molecule has 2 heterocycles. The van der Waals surface area contributed by atoms with Crippen molar-refractivity contribution in [2.24, 2.45) is 0 Å². The van der Waals surface area contributed by atoms with Crippen LogP contribution >= 0.6 is 34.2 Å². The Morgan fingerprint density at radius 2 is 2.23 bits per heavy atom. The summed E-state index contributed by atoms with van der Waals surface area (Å²) in [5, 5.41) is 9.06. The number of carbonyl (C=O) groups is 1. The predicted octanol–water partition coefficient (Wildman–Crippen LogP) is 2.91. The van der Waals surface area contributed by atoms with Crippen molar-refractivity contribution in [3.8, 4) is 0 Å². The molecule has 0 aliphatic rings. The lowest BCUT2D eigenvalue weighted by Gasteiger charge is -2.07. The Bertz CT molecular complexity index is 964. The molecule has 136 valence electrons. The van der Waals surface area contributed by atoms with E-state index in [2.05, 4.69) is 9.97 Å². The van der Waals surface area contributed by atoms with Crippen LogP contribution in [0.5, 0.6) is 0 Å². The summed E-state index contributed by atoms with van der Waals surface area (Å²) in [5.74, 6) is -0.740. The van der Waals surface area contributed by atoms with Crippen LogP contribution in [0, 0.1) is 9.39 Å². The van der Waals surface area contributed by atoms with Crippen molar-refractivity contribution in [2.75, 3.05) is 19.8 Å². The molecular weight excluding hydrogens is 476 g/mol. The molecule has 0 amide bonds. The highest BCUT2D eigenvalue weighted by molar-refractivity contribution is 14.1. The van der Waals surface area contributed by atoms with E-state index in [0.717, 1.165) is 3.57 Å². The molecule has 0 bridgehead atoms. The summed E-state index contributed by atoms with van der Waals surface area (Å²) >= 11 is 8.16. The number of aliphatic hydroxyl groups excluding tert-OH is 1. The van der Waals surface area contributed by atoms with Gasteiger partial charge >= 0.3 is 0 Å². The molecule has 0 atom stereocenters. The van der Waals surface area contributed by atoms with Crippen molar-refractivity contribution >= 4 is 45.6 Å². The number of hydrogen-bond acceptors (Lipinski definition) is 5. The van der Waals surface area contributed by atoms with Crippen molar-refractivity contribution in [1.82, 2.24) is 14.4 Å². The highest BCUT2D eigenvalue weighted by Gasteiger charge is 2.21. The third-order valence-electron chi connectivity index (χ3n) is 3.70. The van der Waals surface area contributed by atoms with Crippen LogP contribution in [0.4, 0.5) is 4.39 Å². The first kappa shape index (κ1) is 19.2. The summed E-state index contributed by atoms with van der Waals surface area (Å²) in [6.07, 6.45) is 3.06. The maximum absolute atomic E-state index is 14.3. The lowest BCUT2D eigenvalue weighted by molar-refractivity contribution is 0.0659. The van der Waals surface area contributed by atoms with E-state index >= 15 is 0 Å². The molecule has 3 aromatic rings. The SMILES string of the molecule is O=C(COCCO)c1nc2c(Cl)cncn2c1Cc1ccc(I)cc1F. The van der Waals surface area contributed by atoms with Gasteiger partial charge in [-0.15, -0.1) is 0 Å². The molecule has 0 radical (unpaired) electrons. The first-order chi connectivity index (χ1) is 12.5. The van der Waals surface area contributed by atoms with Gasteiger partial charge < -0.3 is 9.84 Å². The molecule has 0 spiro atoms. The monoisotopic (exact) mass is 489 g/mol. The fourth-order valence-corrected chi connectivity index (χ4v) is 3.16. The fraction of sp³-hybridized carbons (Fsp3) is 0.235. The standard InChI is InChI=1S/C17H14ClFIN3O3/c18-12-7-21-9-23-14(5-10-1-2-11(20)6-13(10)19)16(22-17(12)23)15(25)8-26-4-3-24/h1-2,6-7,9,24H,3-5,8H2. The smallest absolute Gasteiger partial charge is 0.208 e. The number of benzene rings is 1. The van der Waals surface area contributed by atoms with E-state index in [0.29, 0.717) is 16.9 Å². The van der Waals surface area contributed by atoms with Gasteiger partial charge in [0.25, 0.3) is 0 Å². The van der Waals surface area contributed by atoms with E-state index in [1.165, 1.54) is 18.6 Å². The minimum atomic E-state index is -0.376. The quantitative estimate of drug-likeness (QED) is 0.314. The number of aliphatic hydroxyl groups is 1. The summed E-state index contributed by atoms with van der Waals surface area (Å²) in [6.45, 7) is -0.380. The topological polar surface area (TPSA) is 76.7 Å². The van der Waals surface area contributed by atoms with Gasteiger partial charge in [0.05, 0.1) is 25.1 Å². The molecule has 0 aliphatic carbocycles. The predicted molar refractivity (Wildman–Crippen MR) is 102 cm³/mol. The van der Waals surface area contributed by atoms with Gasteiger partial charge in [-0.2, -0.15) is 0 Å². The van der Waals surface area contributed by atoms with Crippen LogP contribution in [0.25, 0.3) is 5.65 Å². The molecule has 9 heteroatoms. The summed E-state index contributed by atoms with van der Waals surface area (Å²) < 4.78 is 21.7. The Morgan fingerprint density at radius 3 is 2.96 bits per heavy atom. The number of carbonyl (C=O) groups excluding carboxylic acids is 1. The van der Waals surface area contributed by atoms with E-state index in [9.17, 15) is 9.18 Å². The molecule has 1 aromatic carbocycles. The van der Waals surface area contributed by atoms with Gasteiger partial charge in [0.2, 0.25) is 5.78 Å². The number of aromatic nitrogens is 3. The molecule has 3 rings (SSSR count). The zero-order chi connectivity index (χ0) is 18.7. The van der Waals surface area contributed by atoms with Crippen molar-refractivity contribution in [3.05, 3.63) is 62.1 Å². The number of fused-ring (bicyclic) bond motifs is 1. The van der Waals surface area contributed by atoms with Crippen LogP contribution < -0.4 is 0 Å². The lowest BCUT2D eigenvalue weighted by atomic mass is 10.1. The molecule has 0 saturated carbocycles. The molecule has 26 heavy (non-hydrogen) atoms. The number of hydrogen-bond donors (Lipinski definition) is 1. The Hall–Kier alpha value is -1.62. The maximum Gasteiger partial charge on any atom is 0.208 e. The van der Waals surface area contributed by atoms with Gasteiger partial charge in [-0.3, -0.25) is 9.20 Å². The van der Waals surface area contributed by atoms with Crippen LogP contribution in [0.3, 0.4) is 0 Å². The second-order valence-electron chi connectivity index (χ2n) is 5.45. The zero-order valence-corrected chi connectivity index (χ0v) is 16.4. The van der Waals surface area contributed by atoms with Crippen molar-refractivity contribution in [3.63, 3.8) is 0 Å². The molecule has 6 nitrogen and oxygen atoms in total. The van der Waals surface area contributed by atoms with Gasteiger partial charge in [0.15, 0.2) is 5.65 Å². The van der Waals surface area contributed by atoms with Gasteiger partial charge in [-0.25, -0.2) is 14.4 Å². The van der Waals surface area contributed by atoms with E-state index in [1.807, 2.05) is 22.6 Å². The summed E-state index contributed by atoms with van der Waals surface area (Å²) in [4.78, 5) is 20.8.